The van der Waals surface area contributed by atoms with Gasteiger partial charge in [0.05, 0.1) is 5.56 Å². The number of rotatable bonds is 4. The largest absolute Gasteiger partial charge is 0.435 e. The molecule has 1 saturated heterocycles. The summed E-state index contributed by atoms with van der Waals surface area (Å²) in [5.74, 6) is 3.67. The Morgan fingerprint density at radius 1 is 1.12 bits per heavy atom. The number of nitrogen functional groups attached to an aromatic ring is 1. The predicted octanol–water partition coefficient (Wildman–Crippen LogP) is 5.69. The Morgan fingerprint density at radius 3 is 2.59 bits per heavy atom. The number of benzene rings is 3. The van der Waals surface area contributed by atoms with E-state index in [-0.39, 0.29) is 0 Å². The summed E-state index contributed by atoms with van der Waals surface area (Å²) in [4.78, 5) is 7.13. The maximum Gasteiger partial charge on any atom is 0.227 e. The van der Waals surface area contributed by atoms with Crippen LogP contribution in [0.3, 0.4) is 0 Å². The zero-order chi connectivity index (χ0) is 23.8. The lowest BCUT2D eigenvalue weighted by Gasteiger charge is -2.15. The van der Waals surface area contributed by atoms with E-state index in [4.69, 9.17) is 21.6 Å². The molecule has 0 saturated carbocycles. The van der Waals surface area contributed by atoms with Gasteiger partial charge in [-0.2, -0.15) is 5.26 Å². The van der Waals surface area contributed by atoms with Gasteiger partial charge in [-0.15, -0.1) is 12.3 Å². The first-order chi connectivity index (χ1) is 16.5. The Labute approximate surface area is 199 Å². The number of fused-ring (bicyclic) bond motifs is 1. The second-order valence-electron chi connectivity index (χ2n) is 9.01. The van der Waals surface area contributed by atoms with Crippen LogP contribution >= 0.6 is 0 Å². The van der Waals surface area contributed by atoms with Crippen molar-refractivity contribution < 1.29 is 4.42 Å². The van der Waals surface area contributed by atoms with Crippen molar-refractivity contribution >= 4 is 16.8 Å². The van der Waals surface area contributed by atoms with E-state index in [1.807, 2.05) is 43.3 Å². The SMILES string of the molecule is C#CC1CCN(Cc2cc(C#N)c3oc(-c4cccc(-c5cccc(N)c5C)c4C)nc3c2)C1. The van der Waals surface area contributed by atoms with Crippen LogP contribution < -0.4 is 5.73 Å². The van der Waals surface area contributed by atoms with E-state index in [0.717, 1.165) is 65.1 Å². The van der Waals surface area contributed by atoms with Gasteiger partial charge in [-0.3, -0.25) is 4.90 Å². The summed E-state index contributed by atoms with van der Waals surface area (Å²) in [6.07, 6.45) is 6.61. The van der Waals surface area contributed by atoms with Gasteiger partial charge in [0.2, 0.25) is 5.89 Å². The van der Waals surface area contributed by atoms with Crippen LogP contribution in [0.15, 0.2) is 52.9 Å². The number of anilines is 1. The molecule has 5 rings (SSSR count). The highest BCUT2D eigenvalue weighted by molar-refractivity contribution is 5.85. The molecule has 5 heteroatoms. The fourth-order valence-electron chi connectivity index (χ4n) is 4.86. The molecule has 2 N–H and O–H groups in total. The van der Waals surface area contributed by atoms with Crippen LogP contribution in [0.2, 0.25) is 0 Å². The average Bonchev–Trinajstić information content (AvgIpc) is 3.47. The molecule has 0 amide bonds. The molecule has 3 aromatic carbocycles. The molecule has 0 bridgehead atoms. The number of likely N-dealkylation sites (tertiary alicyclic amines) is 1. The number of nitriles is 1. The summed E-state index contributed by atoms with van der Waals surface area (Å²) < 4.78 is 6.16. The molecule has 1 aromatic heterocycles. The van der Waals surface area contributed by atoms with E-state index in [1.54, 1.807) is 0 Å². The van der Waals surface area contributed by atoms with E-state index >= 15 is 0 Å². The van der Waals surface area contributed by atoms with Gasteiger partial charge in [-0.05, 0) is 78.9 Å². The standard InChI is InChI=1S/C29H26N4O/c1-4-20-11-12-33(16-20)17-21-13-22(15-30)28-27(14-21)32-29(34-28)25-9-5-7-23(18(25)2)24-8-6-10-26(31)19(24)3/h1,5-10,13-14,20H,11-12,16-17,31H2,2-3H3. The molecular formula is C29H26N4O. The van der Waals surface area contributed by atoms with E-state index < -0.39 is 0 Å². The number of hydrogen-bond donors (Lipinski definition) is 1. The smallest absolute Gasteiger partial charge is 0.227 e. The first kappa shape index (κ1) is 21.8. The first-order valence-corrected chi connectivity index (χ1v) is 11.5. The minimum Gasteiger partial charge on any atom is -0.435 e. The van der Waals surface area contributed by atoms with Crippen LogP contribution in [0.25, 0.3) is 33.7 Å². The van der Waals surface area contributed by atoms with E-state index in [0.29, 0.717) is 28.5 Å². The molecule has 4 aromatic rings. The van der Waals surface area contributed by atoms with Gasteiger partial charge in [0.15, 0.2) is 5.58 Å². The number of oxazole rings is 1. The third kappa shape index (κ3) is 3.81. The molecule has 1 fully saturated rings. The Kier molecular flexibility index (Phi) is 5.57. The minimum absolute atomic E-state index is 0.302. The van der Waals surface area contributed by atoms with Gasteiger partial charge >= 0.3 is 0 Å². The molecule has 0 radical (unpaired) electrons. The van der Waals surface area contributed by atoms with Crippen LogP contribution in [0.4, 0.5) is 5.69 Å². The maximum atomic E-state index is 9.80. The van der Waals surface area contributed by atoms with Crippen LogP contribution in [-0.2, 0) is 6.54 Å². The summed E-state index contributed by atoms with van der Waals surface area (Å²) in [5.41, 5.74) is 14.9. The van der Waals surface area contributed by atoms with Crippen molar-refractivity contribution in [3.05, 3.63) is 70.8 Å². The third-order valence-corrected chi connectivity index (χ3v) is 6.81. The molecular weight excluding hydrogens is 420 g/mol. The van der Waals surface area contributed by atoms with Crippen molar-refractivity contribution in [2.75, 3.05) is 18.8 Å². The number of aromatic nitrogens is 1. The van der Waals surface area contributed by atoms with Gasteiger partial charge < -0.3 is 10.2 Å². The molecule has 1 unspecified atom stereocenters. The maximum absolute atomic E-state index is 9.80. The summed E-state index contributed by atoms with van der Waals surface area (Å²) in [6, 6.07) is 18.3. The van der Waals surface area contributed by atoms with Crippen LogP contribution in [0, 0.1) is 43.4 Å². The Hall–Kier alpha value is -4.06. The zero-order valence-corrected chi connectivity index (χ0v) is 19.4. The number of nitrogens with zero attached hydrogens (tertiary/aromatic N) is 3. The normalized spacial score (nSPS) is 15.9. The van der Waals surface area contributed by atoms with Gasteiger partial charge in [0.25, 0.3) is 0 Å². The summed E-state index contributed by atoms with van der Waals surface area (Å²) in [6.45, 7) is 6.69. The molecule has 1 aliphatic heterocycles. The second kappa shape index (κ2) is 8.71. The molecule has 1 atom stereocenters. The van der Waals surface area contributed by atoms with E-state index in [1.165, 1.54) is 0 Å². The Bertz CT molecular complexity index is 1480. The highest BCUT2D eigenvalue weighted by Gasteiger charge is 2.22. The van der Waals surface area contributed by atoms with Gasteiger partial charge in [0, 0.05) is 30.3 Å². The fourth-order valence-corrected chi connectivity index (χ4v) is 4.86. The van der Waals surface area contributed by atoms with Crippen molar-refractivity contribution in [3.8, 4) is 41.0 Å². The van der Waals surface area contributed by atoms with Gasteiger partial charge in [0.1, 0.15) is 11.6 Å². The van der Waals surface area contributed by atoms with Crippen LogP contribution in [0.5, 0.6) is 0 Å². The third-order valence-electron chi connectivity index (χ3n) is 6.81. The average molecular weight is 447 g/mol. The molecule has 0 aliphatic carbocycles. The molecule has 168 valence electrons. The summed E-state index contributed by atoms with van der Waals surface area (Å²) >= 11 is 0. The number of terminal acetylenes is 1. The molecule has 0 spiro atoms. The van der Waals surface area contributed by atoms with Crippen molar-refractivity contribution in [2.45, 2.75) is 26.8 Å². The molecule has 34 heavy (non-hydrogen) atoms. The summed E-state index contributed by atoms with van der Waals surface area (Å²) in [7, 11) is 0. The second-order valence-corrected chi connectivity index (χ2v) is 9.01. The van der Waals surface area contributed by atoms with Gasteiger partial charge in [-0.25, -0.2) is 4.98 Å². The molecule has 1 aliphatic rings. The summed E-state index contributed by atoms with van der Waals surface area (Å²) in [5, 5.41) is 9.80. The quantitative estimate of drug-likeness (QED) is 0.322. The Morgan fingerprint density at radius 2 is 1.85 bits per heavy atom. The monoisotopic (exact) mass is 446 g/mol. The van der Waals surface area contributed by atoms with Crippen LogP contribution in [-0.4, -0.2) is 23.0 Å². The van der Waals surface area contributed by atoms with Crippen molar-refractivity contribution in [1.82, 2.24) is 9.88 Å². The predicted molar refractivity (Wildman–Crippen MR) is 136 cm³/mol. The van der Waals surface area contributed by atoms with E-state index in [9.17, 15) is 5.26 Å². The fraction of sp³-hybridized carbons (Fsp3) is 0.241. The zero-order valence-electron chi connectivity index (χ0n) is 19.4. The highest BCUT2D eigenvalue weighted by Crippen LogP contribution is 2.36. The van der Waals surface area contributed by atoms with Crippen molar-refractivity contribution in [2.24, 2.45) is 5.92 Å². The lowest BCUT2D eigenvalue weighted by atomic mass is 9.93. The topological polar surface area (TPSA) is 79.1 Å². The van der Waals surface area contributed by atoms with Gasteiger partial charge in [-0.1, -0.05) is 24.3 Å². The first-order valence-electron chi connectivity index (χ1n) is 11.5. The van der Waals surface area contributed by atoms with Crippen LogP contribution in [0.1, 0.15) is 28.7 Å². The number of hydrogen-bond acceptors (Lipinski definition) is 5. The minimum atomic E-state index is 0.302. The van der Waals surface area contributed by atoms with Crippen molar-refractivity contribution in [3.63, 3.8) is 0 Å². The Balaban J connectivity index is 1.55. The highest BCUT2D eigenvalue weighted by atomic mass is 16.3. The lowest BCUT2D eigenvalue weighted by molar-refractivity contribution is 0.325. The number of nitrogens with two attached hydrogens (primary N) is 1. The van der Waals surface area contributed by atoms with E-state index in [2.05, 4.69) is 35.9 Å². The molecule has 2 heterocycles. The molecule has 5 nitrogen and oxygen atoms in total. The van der Waals surface area contributed by atoms with Crippen molar-refractivity contribution in [1.29, 1.82) is 5.26 Å². The lowest BCUT2D eigenvalue weighted by Crippen LogP contribution is -2.19.